The van der Waals surface area contributed by atoms with E-state index in [2.05, 4.69) is 30.7 Å². The molecule has 0 spiro atoms. The fourth-order valence-corrected chi connectivity index (χ4v) is 3.23. The van der Waals surface area contributed by atoms with Crippen LogP contribution in [0.5, 0.6) is 5.75 Å². The van der Waals surface area contributed by atoms with Gasteiger partial charge >= 0.3 is 0 Å². The molecule has 0 aliphatic carbocycles. The molecule has 3 N–H and O–H groups in total. The zero-order chi connectivity index (χ0) is 25.2. The Morgan fingerprint density at radius 1 is 1.28 bits per heavy atom. The molecule has 0 saturated heterocycles. The van der Waals surface area contributed by atoms with Gasteiger partial charge in [0.05, 0.1) is 29.9 Å². The van der Waals surface area contributed by atoms with Crippen LogP contribution in [-0.4, -0.2) is 44.7 Å². The summed E-state index contributed by atoms with van der Waals surface area (Å²) in [6, 6.07) is 5.68. The maximum atomic E-state index is 14.9. The lowest BCUT2D eigenvalue weighted by Gasteiger charge is -2.16. The van der Waals surface area contributed by atoms with Crippen LogP contribution in [0.25, 0.3) is 10.9 Å². The molecule has 0 bridgehead atoms. The van der Waals surface area contributed by atoms with E-state index in [1.165, 1.54) is 44.0 Å². The van der Waals surface area contributed by atoms with Gasteiger partial charge < -0.3 is 20.7 Å². The van der Waals surface area contributed by atoms with Crippen molar-refractivity contribution in [2.45, 2.75) is 13.5 Å². The van der Waals surface area contributed by atoms with E-state index in [4.69, 9.17) is 8.85 Å². The first-order valence-corrected chi connectivity index (χ1v) is 9.55. The Morgan fingerprint density at radius 2 is 2.16 bits per heavy atom. The number of aryl methyl sites for hydroxylation is 1. The third-order valence-electron chi connectivity index (χ3n) is 4.68. The van der Waals surface area contributed by atoms with Gasteiger partial charge in [0, 0.05) is 29.9 Å². The second-order valence-electron chi connectivity index (χ2n) is 6.55. The van der Waals surface area contributed by atoms with Crippen molar-refractivity contribution in [1.82, 2.24) is 30.0 Å². The SMILES string of the molecule is [2H]C([2H])([2H])NC(=O)c1ccc(Nc2ccncn2)nc1Nc1cc(F)c2cnn(CC)c2c1OC. The first-order valence-electron chi connectivity index (χ1n) is 11.1. The number of methoxy groups -OCH3 is 1. The number of carbonyl (C=O) groups excluding carboxylic acids is 1. The normalized spacial score (nSPS) is 12.5. The Hall–Kier alpha value is -4.28. The molecule has 0 radical (unpaired) electrons. The molecule has 0 aliphatic heterocycles. The first-order chi connectivity index (χ1) is 16.7. The van der Waals surface area contributed by atoms with Crippen molar-refractivity contribution >= 4 is 40.0 Å². The second kappa shape index (κ2) is 8.84. The molecule has 0 atom stereocenters. The molecule has 3 aromatic heterocycles. The quantitative estimate of drug-likeness (QED) is 0.402. The summed E-state index contributed by atoms with van der Waals surface area (Å²) in [5, 5.41) is 12.3. The molecule has 164 valence electrons. The number of halogens is 1. The average Bonchev–Trinajstić information content (AvgIpc) is 3.24. The van der Waals surface area contributed by atoms with Crippen LogP contribution >= 0.6 is 0 Å². The van der Waals surface area contributed by atoms with E-state index in [0.29, 0.717) is 17.9 Å². The van der Waals surface area contributed by atoms with Crippen LogP contribution in [0, 0.1) is 5.82 Å². The molecule has 0 saturated carbocycles. The molecule has 4 rings (SSSR count). The third kappa shape index (κ3) is 3.87. The van der Waals surface area contributed by atoms with Crippen LogP contribution in [0.1, 0.15) is 21.4 Å². The fourth-order valence-electron chi connectivity index (χ4n) is 3.23. The van der Waals surface area contributed by atoms with Crippen molar-refractivity contribution in [1.29, 1.82) is 0 Å². The molecule has 11 heteroatoms. The first kappa shape index (κ1) is 17.4. The lowest BCUT2D eigenvalue weighted by molar-refractivity contribution is 0.0963. The molecule has 1 amide bonds. The number of benzene rings is 1. The highest BCUT2D eigenvalue weighted by molar-refractivity contribution is 6.00. The summed E-state index contributed by atoms with van der Waals surface area (Å²) in [4.78, 5) is 25.0. The number of hydrogen-bond acceptors (Lipinski definition) is 8. The van der Waals surface area contributed by atoms with E-state index >= 15 is 0 Å². The van der Waals surface area contributed by atoms with E-state index in [0.717, 1.165) is 0 Å². The predicted octanol–water partition coefficient (Wildman–Crippen LogP) is 3.24. The number of anilines is 4. The van der Waals surface area contributed by atoms with Gasteiger partial charge in [0.25, 0.3) is 5.91 Å². The minimum Gasteiger partial charge on any atom is -0.492 e. The standard InChI is InChI=1S/C21H21FN8O2/c1-4-30-18-13(10-26-30)14(22)9-15(19(18)32-3)27-20-12(21(31)23-2)5-6-17(29-20)28-16-7-8-24-11-25-16/h5-11H,4H2,1-3H3,(H,23,31)(H2,24,25,27,28,29)/i2D3. The number of fused-ring (bicyclic) bond motifs is 1. The van der Waals surface area contributed by atoms with Gasteiger partial charge in [-0.05, 0) is 25.1 Å². The van der Waals surface area contributed by atoms with Crippen LogP contribution < -0.4 is 20.7 Å². The Bertz CT molecular complexity index is 1380. The number of hydrogen-bond donors (Lipinski definition) is 3. The lowest BCUT2D eigenvalue weighted by Crippen LogP contribution is -2.20. The molecule has 0 fully saturated rings. The summed E-state index contributed by atoms with van der Waals surface area (Å²) in [6.07, 6.45) is 4.28. The van der Waals surface area contributed by atoms with Gasteiger partial charge in [-0.25, -0.2) is 19.3 Å². The maximum Gasteiger partial charge on any atom is 0.254 e. The number of carbonyl (C=O) groups is 1. The number of nitrogens with one attached hydrogen (secondary N) is 3. The van der Waals surface area contributed by atoms with Gasteiger partial charge in [-0.2, -0.15) is 5.10 Å². The molecule has 32 heavy (non-hydrogen) atoms. The number of pyridine rings is 1. The summed E-state index contributed by atoms with van der Waals surface area (Å²) < 4.78 is 44.1. The van der Waals surface area contributed by atoms with E-state index in [1.807, 2.05) is 12.2 Å². The summed E-state index contributed by atoms with van der Waals surface area (Å²) in [6.45, 7) is -0.404. The number of rotatable bonds is 7. The van der Waals surface area contributed by atoms with Crippen molar-refractivity contribution in [2.24, 2.45) is 0 Å². The van der Waals surface area contributed by atoms with Gasteiger partial charge in [-0.3, -0.25) is 9.48 Å². The number of amides is 1. The number of nitrogens with zero attached hydrogens (tertiary/aromatic N) is 5. The van der Waals surface area contributed by atoms with E-state index in [9.17, 15) is 9.18 Å². The zero-order valence-corrected chi connectivity index (χ0v) is 17.2. The Balaban J connectivity index is 1.81. The van der Waals surface area contributed by atoms with Gasteiger partial charge in [0.2, 0.25) is 0 Å². The molecule has 0 unspecified atom stereocenters. The summed E-state index contributed by atoms with van der Waals surface area (Å²) in [5.41, 5.74) is 0.504. The topological polar surface area (TPSA) is 119 Å². The summed E-state index contributed by atoms with van der Waals surface area (Å²) in [7, 11) is 1.42. The minimum atomic E-state index is -2.72. The van der Waals surface area contributed by atoms with E-state index < -0.39 is 18.7 Å². The van der Waals surface area contributed by atoms with Crippen molar-refractivity contribution < 1.29 is 18.0 Å². The zero-order valence-electron chi connectivity index (χ0n) is 20.2. The van der Waals surface area contributed by atoms with Crippen molar-refractivity contribution in [3.05, 3.63) is 54.4 Å². The van der Waals surface area contributed by atoms with Gasteiger partial charge in [0.1, 0.15) is 35.1 Å². The highest BCUT2D eigenvalue weighted by Crippen LogP contribution is 2.37. The predicted molar refractivity (Wildman–Crippen MR) is 118 cm³/mol. The van der Waals surface area contributed by atoms with Crippen LogP contribution in [0.3, 0.4) is 0 Å². The monoisotopic (exact) mass is 439 g/mol. The van der Waals surface area contributed by atoms with Gasteiger partial charge in [-0.1, -0.05) is 0 Å². The van der Waals surface area contributed by atoms with Crippen molar-refractivity contribution in [3.63, 3.8) is 0 Å². The summed E-state index contributed by atoms with van der Waals surface area (Å²) in [5.74, 6) is -0.491. The number of aromatic nitrogens is 5. The molecular weight excluding hydrogens is 415 g/mol. The van der Waals surface area contributed by atoms with E-state index in [-0.39, 0.29) is 34.0 Å². The largest absolute Gasteiger partial charge is 0.492 e. The second-order valence-corrected chi connectivity index (χ2v) is 6.55. The van der Waals surface area contributed by atoms with E-state index in [1.54, 1.807) is 10.7 Å². The fraction of sp³-hybridized carbons (Fsp3) is 0.190. The smallest absolute Gasteiger partial charge is 0.254 e. The van der Waals surface area contributed by atoms with Gasteiger partial charge in [0.15, 0.2) is 5.75 Å². The molecule has 4 aromatic rings. The molecule has 10 nitrogen and oxygen atoms in total. The summed E-state index contributed by atoms with van der Waals surface area (Å²) >= 11 is 0. The van der Waals surface area contributed by atoms with Crippen LogP contribution in [0.2, 0.25) is 0 Å². The minimum absolute atomic E-state index is 0.0366. The van der Waals surface area contributed by atoms with Gasteiger partial charge in [-0.15, -0.1) is 0 Å². The molecule has 3 heterocycles. The highest BCUT2D eigenvalue weighted by atomic mass is 19.1. The third-order valence-corrected chi connectivity index (χ3v) is 4.68. The maximum absolute atomic E-state index is 14.9. The van der Waals surface area contributed by atoms with Crippen LogP contribution in [0.15, 0.2) is 43.0 Å². The Kier molecular flexibility index (Phi) is 4.81. The molecule has 1 aromatic carbocycles. The number of ether oxygens (including phenoxy) is 1. The average molecular weight is 439 g/mol. The Morgan fingerprint density at radius 3 is 2.88 bits per heavy atom. The van der Waals surface area contributed by atoms with Crippen molar-refractivity contribution in [3.8, 4) is 5.75 Å². The molecular formula is C21H21FN8O2. The van der Waals surface area contributed by atoms with Crippen LogP contribution in [0.4, 0.5) is 27.5 Å². The van der Waals surface area contributed by atoms with Crippen LogP contribution in [-0.2, 0) is 6.54 Å². The molecule has 0 aliphatic rings. The Labute approximate surface area is 187 Å². The lowest BCUT2D eigenvalue weighted by atomic mass is 10.1. The van der Waals surface area contributed by atoms with Crippen molar-refractivity contribution in [2.75, 3.05) is 24.7 Å². The highest BCUT2D eigenvalue weighted by Gasteiger charge is 2.20.